The van der Waals surface area contributed by atoms with E-state index < -0.39 is 0 Å². The summed E-state index contributed by atoms with van der Waals surface area (Å²) in [6, 6.07) is 0. The van der Waals surface area contributed by atoms with Crippen LogP contribution in [0.3, 0.4) is 0 Å². The quantitative estimate of drug-likeness (QED) is 0.484. The molecule has 0 radical (unpaired) electrons. The second-order valence-corrected chi connectivity index (χ2v) is 6.56. The highest BCUT2D eigenvalue weighted by molar-refractivity contribution is 5.14. The Balaban J connectivity index is 1.87. The van der Waals surface area contributed by atoms with Crippen molar-refractivity contribution in [3.05, 3.63) is 11.6 Å². The van der Waals surface area contributed by atoms with Crippen molar-refractivity contribution in [3.8, 4) is 0 Å². The second kappa shape index (κ2) is 3.60. The molecule has 16 heavy (non-hydrogen) atoms. The molecule has 0 spiro atoms. The average Bonchev–Trinajstić information content (AvgIpc) is 2.97. The van der Waals surface area contributed by atoms with Crippen LogP contribution in [0.2, 0.25) is 0 Å². The fraction of sp³-hybridized carbons (Fsp3) is 0.867. The van der Waals surface area contributed by atoms with Crippen LogP contribution >= 0.6 is 0 Å². The molecule has 1 heterocycles. The second-order valence-electron chi connectivity index (χ2n) is 6.56. The Morgan fingerprint density at radius 2 is 2.06 bits per heavy atom. The molecule has 5 atom stereocenters. The first kappa shape index (κ1) is 10.8. The number of ether oxygens (including phenoxy) is 1. The SMILES string of the molecule is CC1=CC2C(C3(C)CO3)CC[C@@H](C)[C@@H]2CC1. The summed E-state index contributed by atoms with van der Waals surface area (Å²) in [4.78, 5) is 0. The number of fused-ring (bicyclic) bond motifs is 1. The molecule has 1 saturated carbocycles. The smallest absolute Gasteiger partial charge is 0.0922 e. The lowest BCUT2D eigenvalue weighted by atomic mass is 9.60. The fourth-order valence-corrected chi connectivity index (χ4v) is 4.09. The summed E-state index contributed by atoms with van der Waals surface area (Å²) in [5.41, 5.74) is 1.85. The minimum Gasteiger partial charge on any atom is -0.370 e. The summed E-state index contributed by atoms with van der Waals surface area (Å²) in [7, 11) is 0. The molecule has 1 aliphatic heterocycles. The summed E-state index contributed by atoms with van der Waals surface area (Å²) in [6.07, 6.45) is 8.12. The maximum Gasteiger partial charge on any atom is 0.0922 e. The summed E-state index contributed by atoms with van der Waals surface area (Å²) >= 11 is 0. The Hall–Kier alpha value is -0.300. The molecule has 1 saturated heterocycles. The molecule has 0 N–H and O–H groups in total. The van der Waals surface area contributed by atoms with Gasteiger partial charge in [-0.3, -0.25) is 0 Å². The third-order valence-electron chi connectivity index (χ3n) is 5.36. The van der Waals surface area contributed by atoms with Gasteiger partial charge in [-0.1, -0.05) is 25.0 Å². The highest BCUT2D eigenvalue weighted by atomic mass is 16.6. The normalized spacial score (nSPS) is 51.8. The molecule has 0 aromatic carbocycles. The van der Waals surface area contributed by atoms with Gasteiger partial charge in [0.1, 0.15) is 0 Å². The fourth-order valence-electron chi connectivity index (χ4n) is 4.09. The minimum absolute atomic E-state index is 0.233. The van der Waals surface area contributed by atoms with E-state index in [-0.39, 0.29) is 5.60 Å². The molecule has 1 heteroatoms. The lowest BCUT2D eigenvalue weighted by molar-refractivity contribution is 0.0637. The summed E-state index contributed by atoms with van der Waals surface area (Å²) in [5, 5.41) is 0. The van der Waals surface area contributed by atoms with E-state index in [0.29, 0.717) is 0 Å². The Morgan fingerprint density at radius 3 is 2.75 bits per heavy atom. The molecule has 0 aromatic heterocycles. The maximum absolute atomic E-state index is 5.73. The van der Waals surface area contributed by atoms with Crippen molar-refractivity contribution < 1.29 is 4.74 Å². The van der Waals surface area contributed by atoms with Gasteiger partial charge >= 0.3 is 0 Å². The Kier molecular flexibility index (Phi) is 2.43. The van der Waals surface area contributed by atoms with E-state index in [1.165, 1.54) is 25.7 Å². The highest BCUT2D eigenvalue weighted by Gasteiger charge is 2.53. The summed E-state index contributed by atoms with van der Waals surface area (Å²) < 4.78 is 5.73. The van der Waals surface area contributed by atoms with Crippen LogP contribution in [0.5, 0.6) is 0 Å². The lowest BCUT2D eigenvalue weighted by Gasteiger charge is -2.45. The maximum atomic E-state index is 5.73. The van der Waals surface area contributed by atoms with Gasteiger partial charge in [-0.15, -0.1) is 0 Å². The predicted molar refractivity (Wildman–Crippen MR) is 66.2 cm³/mol. The molecule has 3 rings (SSSR count). The van der Waals surface area contributed by atoms with Crippen molar-refractivity contribution in [2.24, 2.45) is 23.7 Å². The van der Waals surface area contributed by atoms with Gasteiger partial charge in [0, 0.05) is 0 Å². The first-order valence-electron chi connectivity index (χ1n) is 6.91. The average molecular weight is 220 g/mol. The first-order valence-corrected chi connectivity index (χ1v) is 6.91. The number of allylic oxidation sites excluding steroid dienone is 2. The van der Waals surface area contributed by atoms with Crippen molar-refractivity contribution in [1.29, 1.82) is 0 Å². The molecule has 3 unspecified atom stereocenters. The van der Waals surface area contributed by atoms with Crippen LogP contribution in [0, 0.1) is 23.7 Å². The Bertz CT molecular complexity index is 313. The number of epoxide rings is 1. The molecule has 1 nitrogen and oxygen atoms in total. The van der Waals surface area contributed by atoms with Gasteiger partial charge in [0.2, 0.25) is 0 Å². The monoisotopic (exact) mass is 220 g/mol. The van der Waals surface area contributed by atoms with Crippen LogP contribution in [0.15, 0.2) is 11.6 Å². The van der Waals surface area contributed by atoms with Crippen LogP contribution < -0.4 is 0 Å². The van der Waals surface area contributed by atoms with Crippen LogP contribution in [-0.4, -0.2) is 12.2 Å². The third kappa shape index (κ3) is 1.64. The van der Waals surface area contributed by atoms with Crippen LogP contribution in [-0.2, 0) is 4.74 Å². The Morgan fingerprint density at radius 1 is 1.31 bits per heavy atom. The zero-order valence-electron chi connectivity index (χ0n) is 10.8. The van der Waals surface area contributed by atoms with Gasteiger partial charge in [0.05, 0.1) is 12.2 Å². The molecule has 3 aliphatic rings. The largest absolute Gasteiger partial charge is 0.370 e. The van der Waals surface area contributed by atoms with Crippen molar-refractivity contribution in [2.75, 3.05) is 6.61 Å². The Labute approximate surface area is 99.3 Å². The molecule has 0 aromatic rings. The lowest BCUT2D eigenvalue weighted by Crippen LogP contribution is -2.40. The van der Waals surface area contributed by atoms with Gasteiger partial charge in [0.15, 0.2) is 0 Å². The van der Waals surface area contributed by atoms with E-state index in [1.807, 2.05) is 0 Å². The van der Waals surface area contributed by atoms with Crippen molar-refractivity contribution in [3.63, 3.8) is 0 Å². The standard InChI is InChI=1S/C15H24O/c1-10-4-6-12-11(2)5-7-14(13(12)8-10)15(3)9-16-15/h8,11-14H,4-7,9H2,1-3H3/t11-,12+,13?,14?,15?/m1/s1. The van der Waals surface area contributed by atoms with Crippen molar-refractivity contribution >= 4 is 0 Å². The van der Waals surface area contributed by atoms with Gasteiger partial charge < -0.3 is 4.74 Å². The molecule has 0 amide bonds. The zero-order chi connectivity index (χ0) is 11.3. The molecule has 0 bridgehead atoms. The van der Waals surface area contributed by atoms with E-state index in [0.717, 1.165) is 30.3 Å². The number of rotatable bonds is 1. The summed E-state index contributed by atoms with van der Waals surface area (Å²) in [6.45, 7) is 8.09. The number of hydrogen-bond acceptors (Lipinski definition) is 1. The topological polar surface area (TPSA) is 12.5 Å². The molecular formula is C15H24O. The van der Waals surface area contributed by atoms with E-state index >= 15 is 0 Å². The van der Waals surface area contributed by atoms with Gasteiger partial charge in [-0.25, -0.2) is 0 Å². The van der Waals surface area contributed by atoms with Gasteiger partial charge in [0.25, 0.3) is 0 Å². The molecular weight excluding hydrogens is 196 g/mol. The summed E-state index contributed by atoms with van der Waals surface area (Å²) in [5.74, 6) is 3.46. The molecule has 2 fully saturated rings. The van der Waals surface area contributed by atoms with E-state index in [2.05, 4.69) is 26.8 Å². The molecule has 90 valence electrons. The van der Waals surface area contributed by atoms with E-state index in [4.69, 9.17) is 4.74 Å². The predicted octanol–water partition coefficient (Wildman–Crippen LogP) is 3.79. The van der Waals surface area contributed by atoms with Gasteiger partial charge in [-0.05, 0) is 56.8 Å². The van der Waals surface area contributed by atoms with Crippen LogP contribution in [0.25, 0.3) is 0 Å². The van der Waals surface area contributed by atoms with E-state index in [9.17, 15) is 0 Å². The number of hydrogen-bond donors (Lipinski definition) is 0. The highest BCUT2D eigenvalue weighted by Crippen LogP contribution is 2.53. The van der Waals surface area contributed by atoms with Crippen LogP contribution in [0.4, 0.5) is 0 Å². The van der Waals surface area contributed by atoms with Gasteiger partial charge in [-0.2, -0.15) is 0 Å². The van der Waals surface area contributed by atoms with Crippen LogP contribution in [0.1, 0.15) is 46.5 Å². The van der Waals surface area contributed by atoms with Crippen molar-refractivity contribution in [1.82, 2.24) is 0 Å². The molecule has 2 aliphatic carbocycles. The third-order valence-corrected chi connectivity index (χ3v) is 5.36. The minimum atomic E-state index is 0.233. The van der Waals surface area contributed by atoms with E-state index in [1.54, 1.807) is 5.57 Å². The first-order chi connectivity index (χ1) is 7.60. The van der Waals surface area contributed by atoms with Crippen molar-refractivity contribution in [2.45, 2.75) is 52.1 Å². The zero-order valence-corrected chi connectivity index (χ0v) is 10.8.